The average molecular weight is 379 g/mol. The summed E-state index contributed by atoms with van der Waals surface area (Å²) in [5.74, 6) is 0.209. The second-order valence-electron chi connectivity index (χ2n) is 4.26. The van der Waals surface area contributed by atoms with E-state index in [4.69, 9.17) is 0 Å². The molecule has 3 N–H and O–H groups in total. The highest BCUT2D eigenvalue weighted by Gasteiger charge is 2.04. The third-order valence-electron chi connectivity index (χ3n) is 2.87. The lowest BCUT2D eigenvalue weighted by Crippen LogP contribution is -1.84. The number of hydrogen-bond acceptors (Lipinski definition) is 4. The van der Waals surface area contributed by atoms with Crippen LogP contribution in [0.4, 0.5) is 5.69 Å². The van der Waals surface area contributed by atoms with Crippen LogP contribution in [0.5, 0.6) is 11.5 Å². The first-order valence-electron chi connectivity index (χ1n) is 5.82. The SMILES string of the molecule is Oc1ccc(I)cc1C=Nc1cc2cn[nH]c2cc1O. The minimum absolute atomic E-state index is 0.0584. The number of phenolic OH excluding ortho intramolecular Hbond substituents is 2. The second-order valence-corrected chi connectivity index (χ2v) is 5.51. The van der Waals surface area contributed by atoms with Crippen molar-refractivity contribution in [2.24, 2.45) is 4.99 Å². The summed E-state index contributed by atoms with van der Waals surface area (Å²) in [4.78, 5) is 4.23. The molecule has 0 saturated carbocycles. The summed E-state index contributed by atoms with van der Waals surface area (Å²) in [7, 11) is 0. The fourth-order valence-electron chi connectivity index (χ4n) is 1.84. The van der Waals surface area contributed by atoms with E-state index in [1.54, 1.807) is 24.4 Å². The van der Waals surface area contributed by atoms with Crippen LogP contribution >= 0.6 is 22.6 Å². The van der Waals surface area contributed by atoms with Crippen molar-refractivity contribution in [3.05, 3.63) is 45.7 Å². The first-order chi connectivity index (χ1) is 9.63. The molecule has 2 aromatic carbocycles. The highest BCUT2D eigenvalue weighted by atomic mass is 127. The van der Waals surface area contributed by atoms with Crippen molar-refractivity contribution >= 4 is 45.4 Å². The van der Waals surface area contributed by atoms with E-state index in [0.29, 0.717) is 11.3 Å². The predicted octanol–water partition coefficient (Wildman–Crippen LogP) is 3.33. The number of H-pyrrole nitrogens is 1. The van der Waals surface area contributed by atoms with Crippen LogP contribution in [-0.4, -0.2) is 26.6 Å². The Bertz CT molecular complexity index is 811. The highest BCUT2D eigenvalue weighted by Crippen LogP contribution is 2.31. The molecule has 0 atom stereocenters. The molecule has 0 fully saturated rings. The number of rotatable bonds is 2. The number of aromatic nitrogens is 2. The topological polar surface area (TPSA) is 81.5 Å². The van der Waals surface area contributed by atoms with Gasteiger partial charge in [-0.1, -0.05) is 0 Å². The van der Waals surface area contributed by atoms with Gasteiger partial charge in [-0.05, 0) is 46.9 Å². The minimum Gasteiger partial charge on any atom is -0.507 e. The van der Waals surface area contributed by atoms with Crippen molar-refractivity contribution in [3.63, 3.8) is 0 Å². The largest absolute Gasteiger partial charge is 0.507 e. The molecule has 0 spiro atoms. The minimum atomic E-state index is 0.0584. The smallest absolute Gasteiger partial charge is 0.143 e. The maximum Gasteiger partial charge on any atom is 0.143 e. The van der Waals surface area contributed by atoms with Crippen molar-refractivity contribution in [3.8, 4) is 11.5 Å². The van der Waals surface area contributed by atoms with Gasteiger partial charge in [0.15, 0.2) is 0 Å². The van der Waals surface area contributed by atoms with Gasteiger partial charge in [-0.15, -0.1) is 0 Å². The third kappa shape index (κ3) is 2.46. The van der Waals surface area contributed by atoms with Gasteiger partial charge in [0.25, 0.3) is 0 Å². The van der Waals surface area contributed by atoms with Gasteiger partial charge in [0, 0.05) is 26.8 Å². The Hall–Kier alpha value is -2.09. The van der Waals surface area contributed by atoms with Gasteiger partial charge in [0.1, 0.15) is 17.2 Å². The van der Waals surface area contributed by atoms with Crippen LogP contribution in [0, 0.1) is 3.57 Å². The van der Waals surface area contributed by atoms with Crippen molar-refractivity contribution in [2.75, 3.05) is 0 Å². The van der Waals surface area contributed by atoms with Gasteiger partial charge in [0.05, 0.1) is 11.7 Å². The molecule has 5 nitrogen and oxygen atoms in total. The van der Waals surface area contributed by atoms with Crippen LogP contribution in [0.25, 0.3) is 10.9 Å². The van der Waals surface area contributed by atoms with Crippen molar-refractivity contribution < 1.29 is 10.2 Å². The molecule has 0 amide bonds. The Morgan fingerprint density at radius 1 is 1.15 bits per heavy atom. The summed E-state index contributed by atoms with van der Waals surface area (Å²) in [5.41, 5.74) is 1.78. The number of hydrogen-bond donors (Lipinski definition) is 3. The molecule has 1 heterocycles. The summed E-state index contributed by atoms with van der Waals surface area (Å²) < 4.78 is 0.997. The van der Waals surface area contributed by atoms with Gasteiger partial charge in [0.2, 0.25) is 0 Å². The summed E-state index contributed by atoms with van der Waals surface area (Å²) in [6.45, 7) is 0. The summed E-state index contributed by atoms with van der Waals surface area (Å²) >= 11 is 2.16. The van der Waals surface area contributed by atoms with E-state index >= 15 is 0 Å². The van der Waals surface area contributed by atoms with E-state index in [1.165, 1.54) is 6.21 Å². The lowest BCUT2D eigenvalue weighted by atomic mass is 10.2. The maximum atomic E-state index is 9.90. The van der Waals surface area contributed by atoms with Gasteiger partial charge in [-0.2, -0.15) is 5.10 Å². The Morgan fingerprint density at radius 3 is 2.85 bits per heavy atom. The molecule has 3 rings (SSSR count). The van der Waals surface area contributed by atoms with Crippen LogP contribution in [-0.2, 0) is 0 Å². The molecule has 6 heteroatoms. The Kier molecular flexibility index (Phi) is 3.31. The normalized spacial score (nSPS) is 11.4. The van der Waals surface area contributed by atoms with Crippen molar-refractivity contribution in [1.82, 2.24) is 10.2 Å². The predicted molar refractivity (Wildman–Crippen MR) is 85.8 cm³/mol. The number of nitrogens with zero attached hydrogens (tertiary/aromatic N) is 2. The Morgan fingerprint density at radius 2 is 2.00 bits per heavy atom. The number of fused-ring (bicyclic) bond motifs is 1. The zero-order chi connectivity index (χ0) is 14.1. The van der Waals surface area contributed by atoms with Crippen LogP contribution in [0.3, 0.4) is 0 Å². The monoisotopic (exact) mass is 379 g/mol. The first kappa shape index (κ1) is 12.9. The number of halogens is 1. The van der Waals surface area contributed by atoms with E-state index in [9.17, 15) is 10.2 Å². The Labute approximate surface area is 128 Å². The lowest BCUT2D eigenvalue weighted by molar-refractivity contribution is 0.474. The fourth-order valence-corrected chi connectivity index (χ4v) is 2.35. The Balaban J connectivity index is 2.01. The quantitative estimate of drug-likeness (QED) is 0.472. The summed E-state index contributed by atoms with van der Waals surface area (Å²) in [6, 6.07) is 8.54. The summed E-state index contributed by atoms with van der Waals surface area (Å²) in [5, 5.41) is 27.2. The molecule has 0 radical (unpaired) electrons. The molecule has 0 bridgehead atoms. The molecule has 1 aromatic heterocycles. The lowest BCUT2D eigenvalue weighted by Gasteiger charge is -2.01. The average Bonchev–Trinajstić information content (AvgIpc) is 2.86. The molecule has 0 aliphatic heterocycles. The van der Waals surface area contributed by atoms with E-state index < -0.39 is 0 Å². The molecule has 0 aliphatic rings. The summed E-state index contributed by atoms with van der Waals surface area (Å²) in [6.07, 6.45) is 3.19. The number of aromatic hydroxyl groups is 2. The van der Waals surface area contributed by atoms with Crippen LogP contribution in [0.1, 0.15) is 5.56 Å². The zero-order valence-electron chi connectivity index (χ0n) is 10.2. The van der Waals surface area contributed by atoms with Crippen molar-refractivity contribution in [2.45, 2.75) is 0 Å². The van der Waals surface area contributed by atoms with Crippen LogP contribution < -0.4 is 0 Å². The van der Waals surface area contributed by atoms with E-state index in [0.717, 1.165) is 14.5 Å². The standard InChI is InChI=1S/C14H10IN3O2/c15-10-1-2-13(19)9(3-10)6-16-12-4-8-7-17-18-11(8)5-14(12)20/h1-7,19-20H,(H,17,18). The third-order valence-corrected chi connectivity index (χ3v) is 3.54. The molecule has 0 aliphatic carbocycles. The number of nitrogens with one attached hydrogen (secondary N) is 1. The van der Waals surface area contributed by atoms with Crippen LogP contribution in [0.15, 0.2) is 41.5 Å². The number of aliphatic imine (C=N–C) groups is 1. The molecular formula is C14H10IN3O2. The van der Waals surface area contributed by atoms with Gasteiger partial charge in [-0.3, -0.25) is 10.1 Å². The van der Waals surface area contributed by atoms with Gasteiger partial charge in [-0.25, -0.2) is 0 Å². The number of aromatic amines is 1. The molecule has 100 valence electrons. The van der Waals surface area contributed by atoms with Crippen molar-refractivity contribution in [1.29, 1.82) is 0 Å². The van der Waals surface area contributed by atoms with E-state index in [1.807, 2.05) is 12.1 Å². The van der Waals surface area contributed by atoms with E-state index in [-0.39, 0.29) is 11.5 Å². The maximum absolute atomic E-state index is 9.90. The zero-order valence-corrected chi connectivity index (χ0v) is 12.4. The molecule has 20 heavy (non-hydrogen) atoms. The first-order valence-corrected chi connectivity index (χ1v) is 6.90. The number of phenols is 2. The van der Waals surface area contributed by atoms with E-state index in [2.05, 4.69) is 37.8 Å². The highest BCUT2D eigenvalue weighted by molar-refractivity contribution is 14.1. The molecular weight excluding hydrogens is 369 g/mol. The molecule has 0 saturated heterocycles. The fraction of sp³-hybridized carbons (Fsp3) is 0. The van der Waals surface area contributed by atoms with Crippen LogP contribution in [0.2, 0.25) is 0 Å². The second kappa shape index (κ2) is 5.12. The molecule has 0 unspecified atom stereocenters. The van der Waals surface area contributed by atoms with Gasteiger partial charge >= 0.3 is 0 Å². The molecule has 3 aromatic rings. The van der Waals surface area contributed by atoms with Gasteiger partial charge < -0.3 is 10.2 Å². The number of benzene rings is 2.